The minimum absolute atomic E-state index is 0. The summed E-state index contributed by atoms with van der Waals surface area (Å²) in [5, 5.41) is 0.350. The second-order valence-corrected chi connectivity index (χ2v) is 3.07. The van der Waals surface area contributed by atoms with Crippen molar-refractivity contribution in [3.8, 4) is 0 Å². The van der Waals surface area contributed by atoms with E-state index in [1.807, 2.05) is 0 Å². The zero-order valence-corrected chi connectivity index (χ0v) is 11.6. The molecule has 7 heteroatoms. The summed E-state index contributed by atoms with van der Waals surface area (Å²) in [6, 6.07) is 0. The van der Waals surface area contributed by atoms with Crippen LogP contribution in [0.5, 0.6) is 0 Å². The summed E-state index contributed by atoms with van der Waals surface area (Å²) < 4.78 is 4.66. The van der Waals surface area contributed by atoms with Gasteiger partial charge >= 0.3 is 35.5 Å². The molecule has 0 N–H and O–H groups in total. The van der Waals surface area contributed by atoms with E-state index in [9.17, 15) is 9.59 Å². The molecule has 1 heterocycles. The molecule has 15 heavy (non-hydrogen) atoms. The van der Waals surface area contributed by atoms with Gasteiger partial charge in [0, 0.05) is 0 Å². The van der Waals surface area contributed by atoms with Crippen LogP contribution >= 0.6 is 11.8 Å². The van der Waals surface area contributed by atoms with E-state index >= 15 is 0 Å². The van der Waals surface area contributed by atoms with Crippen molar-refractivity contribution in [3.05, 3.63) is 22.1 Å². The van der Waals surface area contributed by atoms with Gasteiger partial charge in [-0.1, -0.05) is 6.20 Å². The molecule has 0 spiro atoms. The smallest absolute Gasteiger partial charge is 0.462 e. The van der Waals surface area contributed by atoms with E-state index in [-0.39, 0.29) is 41.7 Å². The zero-order valence-electron chi connectivity index (χ0n) is 8.81. The molecule has 1 aromatic rings. The van der Waals surface area contributed by atoms with Crippen LogP contribution in [0.15, 0.2) is 16.1 Å². The molecular weight excluding hydrogens is 227 g/mol. The van der Waals surface area contributed by atoms with Crippen LogP contribution in [0.4, 0.5) is 0 Å². The predicted octanol–water partition coefficient (Wildman–Crippen LogP) is -2.70. The zero-order chi connectivity index (χ0) is 10.6. The van der Waals surface area contributed by atoms with E-state index in [0.717, 1.165) is 0 Å². The molecule has 0 aliphatic rings. The predicted molar refractivity (Wildman–Crippen MR) is 51.6 cm³/mol. The third kappa shape index (κ3) is 3.98. The molecule has 5 nitrogen and oxygen atoms in total. The van der Waals surface area contributed by atoms with Gasteiger partial charge in [0.2, 0.25) is 0 Å². The van der Waals surface area contributed by atoms with Crippen molar-refractivity contribution >= 4 is 17.7 Å². The van der Waals surface area contributed by atoms with Gasteiger partial charge in [-0.25, -0.2) is 4.79 Å². The van der Waals surface area contributed by atoms with Crippen LogP contribution in [0.3, 0.4) is 0 Å². The molecule has 1 rings (SSSR count). The summed E-state index contributed by atoms with van der Waals surface area (Å²) in [5.41, 5.74) is -0.715. The van der Waals surface area contributed by atoms with Gasteiger partial charge in [0.1, 0.15) is 0 Å². The van der Waals surface area contributed by atoms with E-state index in [4.69, 9.17) is 0 Å². The van der Waals surface area contributed by atoms with Crippen LogP contribution in [-0.4, -0.2) is 23.8 Å². The largest absolute Gasteiger partial charge is 1.00 e. The summed E-state index contributed by atoms with van der Waals surface area (Å²) in [7, 11) is 0. The molecule has 0 aliphatic carbocycles. The third-order valence-electron chi connectivity index (χ3n) is 1.41. The van der Waals surface area contributed by atoms with Crippen molar-refractivity contribution < 1.29 is 39.1 Å². The first-order valence-corrected chi connectivity index (χ1v) is 5.16. The van der Waals surface area contributed by atoms with Gasteiger partial charge in [-0.05, 0) is 18.3 Å². The number of esters is 1. The number of nitrogens with zero attached hydrogens (tertiary/aromatic N) is 2. The van der Waals surface area contributed by atoms with E-state index < -0.39 is 11.5 Å². The van der Waals surface area contributed by atoms with Crippen molar-refractivity contribution in [3.63, 3.8) is 0 Å². The van der Waals surface area contributed by atoms with E-state index in [2.05, 4.69) is 14.7 Å². The van der Waals surface area contributed by atoms with E-state index in [1.165, 1.54) is 18.0 Å². The molecule has 1 aromatic heterocycles. The number of aromatic nitrogens is 2. The topological polar surface area (TPSA) is 70.4 Å². The number of hydrogen-bond acceptors (Lipinski definition) is 5. The summed E-state index contributed by atoms with van der Waals surface area (Å²) in [6.45, 7) is 1.89. The maximum Gasteiger partial charge on any atom is 1.00 e. The molecule has 0 saturated carbocycles. The maximum absolute atomic E-state index is 11.2. The van der Waals surface area contributed by atoms with Crippen molar-refractivity contribution in [2.24, 2.45) is 0 Å². The number of ether oxygens (including phenoxy) is 1. The Bertz CT molecular complexity index is 394. The second kappa shape index (κ2) is 7.05. The molecule has 0 aromatic carbocycles. The van der Waals surface area contributed by atoms with Crippen LogP contribution in [0.25, 0.3) is 0 Å². The molecule has 0 radical (unpaired) electrons. The number of rotatable bonds is 3. The Morgan fingerprint density at radius 2 is 2.33 bits per heavy atom. The van der Waals surface area contributed by atoms with Crippen LogP contribution in [0.1, 0.15) is 17.3 Å². The number of thioether (sulfide) groups is 1. The van der Waals surface area contributed by atoms with Crippen LogP contribution < -0.4 is 40.1 Å². The Morgan fingerprint density at radius 1 is 1.67 bits per heavy atom. The Balaban J connectivity index is 0.00000196. The average Bonchev–Trinajstić information content (AvgIpc) is 2.17. The standard InChI is InChI=1S/C8H10N2O3S.Na/c1-3-13-7(12)5-4-9-8(14-2)10-6(5)11;/h4H,3H2,1-2H3,(H,9,10,11,12);/q;+1/p-1. The quantitative estimate of drug-likeness (QED) is 0.246. The fourth-order valence-corrected chi connectivity index (χ4v) is 1.13. The first kappa shape index (κ1) is 14.7. The molecule has 0 unspecified atom stereocenters. The van der Waals surface area contributed by atoms with Gasteiger partial charge in [0.15, 0.2) is 5.56 Å². The number of hydrogen-bond donors (Lipinski definition) is 0. The maximum atomic E-state index is 11.2. The SMILES string of the molecule is CCOC(=O)c1cnc(SC)[n-]c1=O.[Na+]. The summed E-state index contributed by atoms with van der Waals surface area (Å²) >= 11 is 1.24. The first-order chi connectivity index (χ1) is 6.69. The summed E-state index contributed by atoms with van der Waals surface area (Å²) in [5.74, 6) is -0.676. The molecule has 0 bridgehead atoms. The molecule has 76 valence electrons. The van der Waals surface area contributed by atoms with E-state index in [1.54, 1.807) is 13.2 Å². The van der Waals surface area contributed by atoms with Crippen molar-refractivity contribution in [1.82, 2.24) is 9.97 Å². The Kier molecular flexibility index (Phi) is 6.91. The van der Waals surface area contributed by atoms with Gasteiger partial charge in [-0.2, -0.15) is 0 Å². The molecule has 0 atom stereocenters. The fourth-order valence-electron chi connectivity index (χ4n) is 0.798. The minimum Gasteiger partial charge on any atom is -0.462 e. The van der Waals surface area contributed by atoms with E-state index in [0.29, 0.717) is 5.16 Å². The molecule has 0 aliphatic heterocycles. The number of carbonyl (C=O) groups is 1. The molecule has 0 saturated heterocycles. The van der Waals surface area contributed by atoms with Gasteiger partial charge in [0.05, 0.1) is 12.2 Å². The van der Waals surface area contributed by atoms with Gasteiger partial charge in [-0.3, -0.25) is 4.79 Å². The van der Waals surface area contributed by atoms with Crippen LogP contribution in [0, 0.1) is 0 Å². The molecule has 0 fully saturated rings. The Hall–Kier alpha value is -0.300. The van der Waals surface area contributed by atoms with Crippen LogP contribution in [-0.2, 0) is 4.74 Å². The van der Waals surface area contributed by atoms with Gasteiger partial charge in [0.25, 0.3) is 0 Å². The monoisotopic (exact) mass is 236 g/mol. The first-order valence-electron chi connectivity index (χ1n) is 3.94. The van der Waals surface area contributed by atoms with Gasteiger partial charge in [-0.15, -0.1) is 11.8 Å². The Labute approximate surface area is 113 Å². The minimum atomic E-state index is -0.676. The van der Waals surface area contributed by atoms with Crippen LogP contribution in [0.2, 0.25) is 0 Å². The Morgan fingerprint density at radius 3 is 2.80 bits per heavy atom. The average molecular weight is 236 g/mol. The van der Waals surface area contributed by atoms with Gasteiger partial charge < -0.3 is 14.7 Å². The van der Waals surface area contributed by atoms with Crippen molar-refractivity contribution in [2.45, 2.75) is 12.1 Å². The fraction of sp³-hybridized carbons (Fsp3) is 0.375. The van der Waals surface area contributed by atoms with Crippen molar-refractivity contribution in [2.75, 3.05) is 12.9 Å². The van der Waals surface area contributed by atoms with Crippen molar-refractivity contribution in [1.29, 1.82) is 0 Å². The second-order valence-electron chi connectivity index (χ2n) is 2.30. The number of carbonyl (C=O) groups excluding carboxylic acids is 1. The normalized spacial score (nSPS) is 9.20. The summed E-state index contributed by atoms with van der Waals surface area (Å²) in [4.78, 5) is 29.8. The molecular formula is C8H9N2NaO3S. The summed E-state index contributed by atoms with van der Waals surface area (Å²) in [6.07, 6.45) is 2.94. The third-order valence-corrected chi connectivity index (χ3v) is 1.97. The molecule has 0 amide bonds.